The average Bonchev–Trinajstić information content (AvgIpc) is 3.08. The average molecular weight is 270 g/mol. The zero-order chi connectivity index (χ0) is 13.8. The lowest BCUT2D eigenvalue weighted by Gasteiger charge is -2.14. The minimum Gasteiger partial charge on any atom is -0.493 e. The third kappa shape index (κ3) is 2.73. The summed E-state index contributed by atoms with van der Waals surface area (Å²) in [6.07, 6.45) is 3.34. The highest BCUT2D eigenvalue weighted by Crippen LogP contribution is 2.34. The molecule has 1 aliphatic heterocycles. The van der Waals surface area contributed by atoms with Crippen molar-refractivity contribution in [3.05, 3.63) is 53.9 Å². The van der Waals surface area contributed by atoms with Crippen LogP contribution >= 0.6 is 0 Å². The van der Waals surface area contributed by atoms with Crippen molar-refractivity contribution < 1.29 is 4.74 Å². The Morgan fingerprint density at radius 2 is 2.15 bits per heavy atom. The van der Waals surface area contributed by atoms with Gasteiger partial charge in [0, 0.05) is 36.5 Å². The summed E-state index contributed by atoms with van der Waals surface area (Å²) in [5.74, 6) is 1.51. The molecule has 0 spiro atoms. The number of ether oxygens (including phenoxy) is 1. The Hall–Kier alpha value is -1.74. The predicted molar refractivity (Wildman–Crippen MR) is 81.1 cm³/mol. The van der Waals surface area contributed by atoms with Crippen LogP contribution in [0.2, 0.25) is 0 Å². The molecule has 0 saturated heterocycles. The van der Waals surface area contributed by atoms with Gasteiger partial charge in [-0.2, -0.15) is 0 Å². The van der Waals surface area contributed by atoms with Crippen LogP contribution in [0.3, 0.4) is 0 Å². The maximum absolute atomic E-state index is 5.77. The quantitative estimate of drug-likeness (QED) is 0.816. The molecule has 106 valence electrons. The number of rotatable bonds is 6. The second kappa shape index (κ2) is 6.14. The molecule has 0 fully saturated rings. The molecule has 0 aliphatic carbocycles. The highest BCUT2D eigenvalue weighted by atomic mass is 16.5. The van der Waals surface area contributed by atoms with Crippen molar-refractivity contribution in [2.75, 3.05) is 13.2 Å². The van der Waals surface area contributed by atoms with Crippen molar-refractivity contribution in [3.8, 4) is 5.75 Å². The van der Waals surface area contributed by atoms with E-state index in [9.17, 15) is 0 Å². The number of fused-ring (bicyclic) bond motifs is 1. The Morgan fingerprint density at radius 3 is 3.05 bits per heavy atom. The van der Waals surface area contributed by atoms with Crippen LogP contribution < -0.4 is 10.1 Å². The molecule has 1 atom stereocenters. The van der Waals surface area contributed by atoms with Gasteiger partial charge >= 0.3 is 0 Å². The molecule has 3 heteroatoms. The molecular formula is C17H22N2O. The van der Waals surface area contributed by atoms with E-state index in [1.165, 1.54) is 17.7 Å². The summed E-state index contributed by atoms with van der Waals surface area (Å²) in [6, 6.07) is 12.7. The van der Waals surface area contributed by atoms with Crippen molar-refractivity contribution in [1.29, 1.82) is 0 Å². The molecule has 0 bridgehead atoms. The van der Waals surface area contributed by atoms with Gasteiger partial charge in [0.1, 0.15) is 5.75 Å². The molecule has 0 radical (unpaired) electrons. The van der Waals surface area contributed by atoms with Crippen molar-refractivity contribution in [2.24, 2.45) is 0 Å². The first-order valence-electron chi connectivity index (χ1n) is 7.45. The van der Waals surface area contributed by atoms with Crippen LogP contribution in [0.4, 0.5) is 0 Å². The molecule has 3 rings (SSSR count). The lowest BCUT2D eigenvalue weighted by atomic mass is 10.0. The van der Waals surface area contributed by atoms with E-state index in [4.69, 9.17) is 4.74 Å². The van der Waals surface area contributed by atoms with Gasteiger partial charge < -0.3 is 14.6 Å². The summed E-state index contributed by atoms with van der Waals surface area (Å²) in [7, 11) is 0. The predicted octanol–water partition coefficient (Wildman–Crippen LogP) is 3.16. The third-order valence-corrected chi connectivity index (χ3v) is 3.87. The summed E-state index contributed by atoms with van der Waals surface area (Å²) in [5, 5.41) is 3.47. The Labute approximate surface area is 120 Å². The standard InChI is InChI=1S/C17H22N2O/c1-2-9-18-11-15-6-5-10-19(15)12-14-13-20-17-8-4-3-7-16(14)17/h3-8,10,14,18H,2,9,11-13H2,1H3. The normalized spacial score (nSPS) is 16.9. The Kier molecular flexibility index (Phi) is 4.07. The molecule has 1 N–H and O–H groups in total. The Bertz CT molecular complexity index is 562. The van der Waals surface area contributed by atoms with Gasteiger partial charge in [0.25, 0.3) is 0 Å². The molecule has 20 heavy (non-hydrogen) atoms. The lowest BCUT2D eigenvalue weighted by molar-refractivity contribution is 0.318. The molecule has 1 aromatic carbocycles. The lowest BCUT2D eigenvalue weighted by Crippen LogP contribution is -2.18. The number of hydrogen-bond donors (Lipinski definition) is 1. The number of benzene rings is 1. The van der Waals surface area contributed by atoms with Gasteiger partial charge in [0.15, 0.2) is 0 Å². The van der Waals surface area contributed by atoms with E-state index in [0.717, 1.165) is 32.0 Å². The van der Waals surface area contributed by atoms with Gasteiger partial charge in [0.05, 0.1) is 6.61 Å². The summed E-state index contributed by atoms with van der Waals surface area (Å²) in [4.78, 5) is 0. The van der Waals surface area contributed by atoms with E-state index in [2.05, 4.69) is 53.3 Å². The van der Waals surface area contributed by atoms with Crippen LogP contribution in [0.25, 0.3) is 0 Å². The number of aromatic nitrogens is 1. The topological polar surface area (TPSA) is 26.2 Å². The fraction of sp³-hybridized carbons (Fsp3) is 0.412. The molecule has 3 nitrogen and oxygen atoms in total. The van der Waals surface area contributed by atoms with Crippen molar-refractivity contribution >= 4 is 0 Å². The fourth-order valence-corrected chi connectivity index (χ4v) is 2.80. The molecule has 1 aliphatic rings. The van der Waals surface area contributed by atoms with Crippen LogP contribution in [0.5, 0.6) is 5.75 Å². The first-order chi connectivity index (χ1) is 9.88. The first-order valence-corrected chi connectivity index (χ1v) is 7.45. The highest BCUT2D eigenvalue weighted by molar-refractivity contribution is 5.39. The molecular weight excluding hydrogens is 248 g/mol. The monoisotopic (exact) mass is 270 g/mol. The van der Waals surface area contributed by atoms with Crippen molar-refractivity contribution in [1.82, 2.24) is 9.88 Å². The van der Waals surface area contributed by atoms with Crippen LogP contribution in [0, 0.1) is 0 Å². The minimum absolute atomic E-state index is 0.462. The number of nitrogens with zero attached hydrogens (tertiary/aromatic N) is 1. The van der Waals surface area contributed by atoms with Gasteiger partial charge in [0.2, 0.25) is 0 Å². The van der Waals surface area contributed by atoms with Gasteiger partial charge in [-0.15, -0.1) is 0 Å². The highest BCUT2D eigenvalue weighted by Gasteiger charge is 2.24. The molecule has 2 aromatic rings. The minimum atomic E-state index is 0.462. The summed E-state index contributed by atoms with van der Waals surface area (Å²) >= 11 is 0. The van der Waals surface area contributed by atoms with E-state index in [0.29, 0.717) is 5.92 Å². The molecule has 2 heterocycles. The van der Waals surface area contributed by atoms with Gasteiger partial charge in [-0.1, -0.05) is 25.1 Å². The summed E-state index contributed by atoms with van der Waals surface area (Å²) < 4.78 is 8.12. The van der Waals surface area contributed by atoms with E-state index in [1.807, 2.05) is 6.07 Å². The maximum atomic E-state index is 5.77. The SMILES string of the molecule is CCCNCc1cccn1CC1COc2ccccc21. The fourth-order valence-electron chi connectivity index (χ4n) is 2.80. The molecule has 1 aromatic heterocycles. The maximum Gasteiger partial charge on any atom is 0.122 e. The van der Waals surface area contributed by atoms with Crippen LogP contribution in [-0.4, -0.2) is 17.7 Å². The number of para-hydroxylation sites is 1. The van der Waals surface area contributed by atoms with Crippen LogP contribution in [0.15, 0.2) is 42.6 Å². The molecule has 0 saturated carbocycles. The van der Waals surface area contributed by atoms with Crippen LogP contribution in [0.1, 0.15) is 30.5 Å². The zero-order valence-corrected chi connectivity index (χ0v) is 12.0. The largest absolute Gasteiger partial charge is 0.493 e. The van der Waals surface area contributed by atoms with E-state index in [1.54, 1.807) is 0 Å². The van der Waals surface area contributed by atoms with Crippen molar-refractivity contribution in [3.63, 3.8) is 0 Å². The van der Waals surface area contributed by atoms with E-state index in [-0.39, 0.29) is 0 Å². The molecule has 1 unspecified atom stereocenters. The van der Waals surface area contributed by atoms with E-state index >= 15 is 0 Å². The van der Waals surface area contributed by atoms with Crippen LogP contribution in [-0.2, 0) is 13.1 Å². The van der Waals surface area contributed by atoms with Gasteiger partial charge in [-0.3, -0.25) is 0 Å². The Morgan fingerprint density at radius 1 is 1.25 bits per heavy atom. The number of hydrogen-bond acceptors (Lipinski definition) is 2. The summed E-state index contributed by atoms with van der Waals surface area (Å²) in [5.41, 5.74) is 2.69. The third-order valence-electron chi connectivity index (χ3n) is 3.87. The van der Waals surface area contributed by atoms with Crippen molar-refractivity contribution in [2.45, 2.75) is 32.4 Å². The first kappa shape index (κ1) is 13.3. The number of nitrogens with one attached hydrogen (secondary N) is 1. The molecule has 0 amide bonds. The Balaban J connectivity index is 1.69. The van der Waals surface area contributed by atoms with E-state index < -0.39 is 0 Å². The van der Waals surface area contributed by atoms with Gasteiger partial charge in [-0.05, 0) is 31.2 Å². The second-order valence-electron chi connectivity index (χ2n) is 5.37. The zero-order valence-electron chi connectivity index (χ0n) is 12.0. The second-order valence-corrected chi connectivity index (χ2v) is 5.37. The smallest absolute Gasteiger partial charge is 0.122 e. The van der Waals surface area contributed by atoms with Gasteiger partial charge in [-0.25, -0.2) is 0 Å². The summed E-state index contributed by atoms with van der Waals surface area (Å²) in [6.45, 7) is 5.99.